The van der Waals surface area contributed by atoms with Crippen molar-refractivity contribution in [3.63, 3.8) is 0 Å². The summed E-state index contributed by atoms with van der Waals surface area (Å²) in [6.07, 6.45) is 3.34. The Labute approximate surface area is 123 Å². The molecule has 104 valence electrons. The first-order valence-corrected chi connectivity index (χ1v) is 7.44. The van der Waals surface area contributed by atoms with E-state index in [0.29, 0.717) is 16.8 Å². The molecule has 1 N–H and O–H groups in total. The predicted molar refractivity (Wildman–Crippen MR) is 81.9 cm³/mol. The van der Waals surface area contributed by atoms with Crippen LogP contribution in [-0.4, -0.2) is 21.6 Å². The number of hydrogen-bond donors (Lipinski definition) is 1. The summed E-state index contributed by atoms with van der Waals surface area (Å²) in [7, 11) is 0. The van der Waals surface area contributed by atoms with Crippen LogP contribution >= 0.6 is 11.8 Å². The van der Waals surface area contributed by atoms with Crippen molar-refractivity contribution < 1.29 is 4.79 Å². The topological polar surface area (TPSA) is 54.9 Å². The number of para-hydroxylation sites is 1. The minimum atomic E-state index is -0.0458. The molecule has 5 heteroatoms. The highest BCUT2D eigenvalue weighted by Crippen LogP contribution is 2.24. The van der Waals surface area contributed by atoms with Crippen LogP contribution < -0.4 is 5.32 Å². The van der Waals surface area contributed by atoms with E-state index >= 15 is 0 Å². The molecule has 20 heavy (non-hydrogen) atoms. The summed E-state index contributed by atoms with van der Waals surface area (Å²) >= 11 is 1.33. The molecule has 2 rings (SSSR count). The van der Waals surface area contributed by atoms with E-state index in [1.54, 1.807) is 18.5 Å². The van der Waals surface area contributed by atoms with E-state index in [4.69, 9.17) is 0 Å². The Morgan fingerprint density at radius 1 is 1.20 bits per heavy atom. The number of benzene rings is 1. The van der Waals surface area contributed by atoms with Gasteiger partial charge in [0.05, 0.1) is 5.75 Å². The third-order valence-electron chi connectivity index (χ3n) is 2.73. The summed E-state index contributed by atoms with van der Waals surface area (Å²) in [6, 6.07) is 9.63. The van der Waals surface area contributed by atoms with Crippen LogP contribution in [0.5, 0.6) is 0 Å². The average molecular weight is 287 g/mol. The molecule has 1 aromatic carbocycles. The average Bonchev–Trinajstić information content (AvgIpc) is 2.46. The van der Waals surface area contributed by atoms with E-state index in [2.05, 4.69) is 29.1 Å². The molecule has 0 aliphatic heterocycles. The van der Waals surface area contributed by atoms with Gasteiger partial charge in [0.1, 0.15) is 0 Å². The number of nitrogens with zero attached hydrogens (tertiary/aromatic N) is 2. The van der Waals surface area contributed by atoms with Crippen LogP contribution in [0.4, 0.5) is 5.69 Å². The lowest BCUT2D eigenvalue weighted by molar-refractivity contribution is -0.113. The van der Waals surface area contributed by atoms with Gasteiger partial charge in [-0.2, -0.15) is 0 Å². The quantitative estimate of drug-likeness (QED) is 0.677. The summed E-state index contributed by atoms with van der Waals surface area (Å²) < 4.78 is 0. The Kier molecular flexibility index (Phi) is 5.12. The van der Waals surface area contributed by atoms with Crippen molar-refractivity contribution in [3.8, 4) is 0 Å². The molecule has 0 bridgehead atoms. The Balaban J connectivity index is 1.95. The number of carbonyl (C=O) groups excluding carboxylic acids is 1. The largest absolute Gasteiger partial charge is 0.325 e. The maximum absolute atomic E-state index is 12.0. The molecular weight excluding hydrogens is 270 g/mol. The molecule has 0 saturated heterocycles. The monoisotopic (exact) mass is 287 g/mol. The molecule has 1 amide bonds. The molecule has 1 aromatic heterocycles. The summed E-state index contributed by atoms with van der Waals surface area (Å²) in [5, 5.41) is 3.56. The van der Waals surface area contributed by atoms with Crippen molar-refractivity contribution in [2.45, 2.75) is 24.9 Å². The number of amides is 1. The van der Waals surface area contributed by atoms with E-state index in [1.165, 1.54) is 11.8 Å². The van der Waals surface area contributed by atoms with Gasteiger partial charge in [0, 0.05) is 18.1 Å². The van der Waals surface area contributed by atoms with Gasteiger partial charge >= 0.3 is 0 Å². The van der Waals surface area contributed by atoms with Gasteiger partial charge in [-0.25, -0.2) is 9.97 Å². The first-order valence-electron chi connectivity index (χ1n) is 6.45. The number of thioether (sulfide) groups is 1. The molecule has 0 atom stereocenters. The molecule has 0 aliphatic rings. The second-order valence-corrected chi connectivity index (χ2v) is 5.55. The zero-order valence-electron chi connectivity index (χ0n) is 11.5. The summed E-state index contributed by atoms with van der Waals surface area (Å²) in [6.45, 7) is 4.22. The zero-order chi connectivity index (χ0) is 14.4. The minimum Gasteiger partial charge on any atom is -0.325 e. The summed E-state index contributed by atoms with van der Waals surface area (Å²) in [5.74, 6) is 0.628. The Bertz CT molecular complexity index is 572. The van der Waals surface area contributed by atoms with E-state index in [9.17, 15) is 4.79 Å². The van der Waals surface area contributed by atoms with Crippen molar-refractivity contribution in [1.82, 2.24) is 9.97 Å². The van der Waals surface area contributed by atoms with Crippen LogP contribution in [0.2, 0.25) is 0 Å². The molecule has 4 nitrogen and oxygen atoms in total. The fraction of sp³-hybridized carbons (Fsp3) is 0.267. The Morgan fingerprint density at radius 2 is 1.90 bits per heavy atom. The summed E-state index contributed by atoms with van der Waals surface area (Å²) in [5.41, 5.74) is 2.02. The number of rotatable bonds is 5. The van der Waals surface area contributed by atoms with E-state index in [-0.39, 0.29) is 5.91 Å². The fourth-order valence-corrected chi connectivity index (χ4v) is 2.39. The lowest BCUT2D eigenvalue weighted by atomic mass is 10.0. The maximum Gasteiger partial charge on any atom is 0.234 e. The molecule has 0 spiro atoms. The molecule has 0 fully saturated rings. The molecule has 1 heterocycles. The SMILES string of the molecule is CC(C)c1ccccc1NC(=O)CSc1ncccn1. The van der Waals surface area contributed by atoms with Gasteiger partial charge < -0.3 is 5.32 Å². The molecule has 0 radical (unpaired) electrons. The molecule has 0 aliphatic carbocycles. The number of carbonyl (C=O) groups is 1. The second-order valence-electron chi connectivity index (χ2n) is 4.61. The molecule has 2 aromatic rings. The number of nitrogens with one attached hydrogen (secondary N) is 1. The number of hydrogen-bond acceptors (Lipinski definition) is 4. The highest BCUT2D eigenvalue weighted by Gasteiger charge is 2.09. The highest BCUT2D eigenvalue weighted by atomic mass is 32.2. The van der Waals surface area contributed by atoms with Gasteiger partial charge in [0.2, 0.25) is 5.91 Å². The van der Waals surface area contributed by atoms with Gasteiger partial charge in [-0.15, -0.1) is 0 Å². The van der Waals surface area contributed by atoms with Crippen LogP contribution in [0.1, 0.15) is 25.3 Å². The zero-order valence-corrected chi connectivity index (χ0v) is 12.4. The van der Waals surface area contributed by atoms with Gasteiger partial charge in [-0.1, -0.05) is 43.8 Å². The van der Waals surface area contributed by atoms with Crippen LogP contribution in [0.15, 0.2) is 47.9 Å². The third kappa shape index (κ3) is 4.06. The van der Waals surface area contributed by atoms with Crippen LogP contribution in [-0.2, 0) is 4.79 Å². The smallest absolute Gasteiger partial charge is 0.234 e. The van der Waals surface area contributed by atoms with Gasteiger partial charge in [-0.05, 0) is 23.6 Å². The number of anilines is 1. The number of aromatic nitrogens is 2. The second kappa shape index (κ2) is 7.05. The summed E-state index contributed by atoms with van der Waals surface area (Å²) in [4.78, 5) is 20.1. The normalized spacial score (nSPS) is 10.6. The molecular formula is C15H17N3OS. The van der Waals surface area contributed by atoms with Crippen LogP contribution in [0.3, 0.4) is 0 Å². The van der Waals surface area contributed by atoms with Crippen molar-refractivity contribution in [2.75, 3.05) is 11.1 Å². The first-order chi connectivity index (χ1) is 9.66. The van der Waals surface area contributed by atoms with Crippen molar-refractivity contribution in [1.29, 1.82) is 0 Å². The molecule has 0 saturated carbocycles. The van der Waals surface area contributed by atoms with Gasteiger partial charge in [-0.3, -0.25) is 4.79 Å². The lowest BCUT2D eigenvalue weighted by Crippen LogP contribution is -2.15. The van der Waals surface area contributed by atoms with Crippen molar-refractivity contribution in [2.24, 2.45) is 0 Å². The van der Waals surface area contributed by atoms with Gasteiger partial charge in [0.25, 0.3) is 0 Å². The standard InChI is InChI=1S/C15H17N3OS/c1-11(2)12-6-3-4-7-13(12)18-14(19)10-20-15-16-8-5-9-17-15/h3-9,11H,10H2,1-2H3,(H,18,19). The van der Waals surface area contributed by atoms with E-state index in [0.717, 1.165) is 11.3 Å². The van der Waals surface area contributed by atoms with E-state index < -0.39 is 0 Å². The van der Waals surface area contributed by atoms with Crippen molar-refractivity contribution >= 4 is 23.4 Å². The third-order valence-corrected chi connectivity index (χ3v) is 3.61. The van der Waals surface area contributed by atoms with Crippen LogP contribution in [0.25, 0.3) is 0 Å². The predicted octanol–water partition coefficient (Wildman–Crippen LogP) is 3.33. The van der Waals surface area contributed by atoms with E-state index in [1.807, 2.05) is 24.3 Å². The maximum atomic E-state index is 12.0. The molecule has 0 unspecified atom stereocenters. The fourth-order valence-electron chi connectivity index (χ4n) is 1.79. The minimum absolute atomic E-state index is 0.0458. The van der Waals surface area contributed by atoms with Crippen molar-refractivity contribution in [3.05, 3.63) is 48.3 Å². The Hall–Kier alpha value is -1.88. The first kappa shape index (κ1) is 14.5. The Morgan fingerprint density at radius 3 is 2.60 bits per heavy atom. The van der Waals surface area contributed by atoms with Gasteiger partial charge in [0.15, 0.2) is 5.16 Å². The van der Waals surface area contributed by atoms with Crippen LogP contribution in [0, 0.1) is 0 Å². The highest BCUT2D eigenvalue weighted by molar-refractivity contribution is 7.99. The lowest BCUT2D eigenvalue weighted by Gasteiger charge is -2.13.